The van der Waals surface area contributed by atoms with Crippen LogP contribution in [-0.2, 0) is 5.41 Å². The third kappa shape index (κ3) is 1.25. The fourth-order valence-electron chi connectivity index (χ4n) is 1.61. The zero-order valence-electron chi connectivity index (χ0n) is 7.20. The molecule has 1 aliphatic carbocycles. The maximum absolute atomic E-state index is 9.52. The van der Waals surface area contributed by atoms with E-state index in [9.17, 15) is 10.2 Å². The second-order valence-corrected chi connectivity index (χ2v) is 3.64. The molecule has 1 saturated carbocycles. The van der Waals surface area contributed by atoms with Gasteiger partial charge in [0, 0.05) is 11.0 Å². The van der Waals surface area contributed by atoms with Crippen LogP contribution in [0.25, 0.3) is 0 Å². The fraction of sp³-hybridized carbons (Fsp3) is 0.400. The topological polar surface area (TPSA) is 60.7 Å². The second kappa shape index (κ2) is 2.64. The van der Waals surface area contributed by atoms with Gasteiger partial charge in [0.1, 0.15) is 11.5 Å². The van der Waals surface area contributed by atoms with Crippen LogP contribution in [-0.4, -0.2) is 21.9 Å². The minimum absolute atomic E-state index is 0.0318. The smallest absolute Gasteiger partial charge is 0.119 e. The molecule has 0 heterocycles. The van der Waals surface area contributed by atoms with Crippen LogP contribution in [0.2, 0.25) is 0 Å². The molecule has 0 aromatic heterocycles. The van der Waals surface area contributed by atoms with Crippen LogP contribution in [0.1, 0.15) is 18.4 Å². The van der Waals surface area contributed by atoms with Gasteiger partial charge in [-0.25, -0.2) is 0 Å². The number of aromatic hydroxyl groups is 2. The molecule has 3 nitrogen and oxygen atoms in total. The van der Waals surface area contributed by atoms with Crippen molar-refractivity contribution in [3.8, 4) is 11.5 Å². The van der Waals surface area contributed by atoms with Gasteiger partial charge in [-0.15, -0.1) is 0 Å². The maximum Gasteiger partial charge on any atom is 0.119 e. The first-order chi connectivity index (χ1) is 6.18. The van der Waals surface area contributed by atoms with Crippen LogP contribution in [0.5, 0.6) is 11.5 Å². The van der Waals surface area contributed by atoms with Crippen molar-refractivity contribution in [1.82, 2.24) is 0 Å². The highest BCUT2D eigenvalue weighted by atomic mass is 16.3. The van der Waals surface area contributed by atoms with Crippen molar-refractivity contribution in [2.75, 3.05) is 6.61 Å². The molecule has 3 heteroatoms. The van der Waals surface area contributed by atoms with E-state index in [-0.39, 0.29) is 23.5 Å². The van der Waals surface area contributed by atoms with Crippen LogP contribution >= 0.6 is 0 Å². The van der Waals surface area contributed by atoms with E-state index < -0.39 is 0 Å². The van der Waals surface area contributed by atoms with Crippen LogP contribution in [0, 0.1) is 0 Å². The second-order valence-electron chi connectivity index (χ2n) is 3.64. The quantitative estimate of drug-likeness (QED) is 0.598. The minimum atomic E-state index is -0.289. The number of phenolic OH excluding ortho intramolecular Hbond substituents is 2. The lowest BCUT2D eigenvalue weighted by atomic mass is 9.96. The third-order valence-electron chi connectivity index (χ3n) is 2.71. The van der Waals surface area contributed by atoms with E-state index in [1.165, 1.54) is 18.2 Å². The summed E-state index contributed by atoms with van der Waals surface area (Å²) in [7, 11) is 0. The van der Waals surface area contributed by atoms with Gasteiger partial charge in [0.05, 0.1) is 6.61 Å². The molecule has 0 atom stereocenters. The maximum atomic E-state index is 9.52. The Labute approximate surface area is 76.3 Å². The largest absolute Gasteiger partial charge is 0.508 e. The van der Waals surface area contributed by atoms with Gasteiger partial charge in [0.25, 0.3) is 0 Å². The number of benzene rings is 1. The molecule has 70 valence electrons. The highest BCUT2D eigenvalue weighted by molar-refractivity contribution is 5.46. The Balaban J connectivity index is 2.44. The first-order valence-corrected chi connectivity index (χ1v) is 4.31. The highest BCUT2D eigenvalue weighted by Gasteiger charge is 2.45. The molecular formula is C10H12O3. The Morgan fingerprint density at radius 2 is 1.92 bits per heavy atom. The lowest BCUT2D eigenvalue weighted by molar-refractivity contribution is 0.252. The van der Waals surface area contributed by atoms with Gasteiger partial charge >= 0.3 is 0 Å². The molecule has 1 aliphatic rings. The normalized spacial score (nSPS) is 18.5. The Hall–Kier alpha value is -1.22. The minimum Gasteiger partial charge on any atom is -0.508 e. The molecule has 0 aliphatic heterocycles. The molecule has 0 saturated heterocycles. The van der Waals surface area contributed by atoms with E-state index in [1.807, 2.05) is 0 Å². The van der Waals surface area contributed by atoms with E-state index in [2.05, 4.69) is 0 Å². The van der Waals surface area contributed by atoms with Crippen LogP contribution < -0.4 is 0 Å². The van der Waals surface area contributed by atoms with Crippen molar-refractivity contribution in [2.24, 2.45) is 0 Å². The molecule has 1 aromatic rings. The van der Waals surface area contributed by atoms with Crippen molar-refractivity contribution < 1.29 is 15.3 Å². The number of phenols is 2. The lowest BCUT2D eigenvalue weighted by Crippen LogP contribution is -2.11. The van der Waals surface area contributed by atoms with E-state index in [0.717, 1.165) is 12.8 Å². The predicted molar refractivity (Wildman–Crippen MR) is 47.8 cm³/mol. The summed E-state index contributed by atoms with van der Waals surface area (Å²) in [6.45, 7) is 0.0318. The van der Waals surface area contributed by atoms with Crippen molar-refractivity contribution in [1.29, 1.82) is 0 Å². The molecular weight excluding hydrogens is 168 g/mol. The summed E-state index contributed by atoms with van der Waals surface area (Å²) >= 11 is 0. The van der Waals surface area contributed by atoms with E-state index >= 15 is 0 Å². The van der Waals surface area contributed by atoms with E-state index in [1.54, 1.807) is 0 Å². The number of hydrogen-bond donors (Lipinski definition) is 3. The zero-order chi connectivity index (χ0) is 9.47. The summed E-state index contributed by atoms with van der Waals surface area (Å²) in [5, 5.41) is 27.9. The zero-order valence-corrected chi connectivity index (χ0v) is 7.20. The van der Waals surface area contributed by atoms with Crippen molar-refractivity contribution >= 4 is 0 Å². The number of rotatable bonds is 2. The van der Waals surface area contributed by atoms with Crippen LogP contribution in [0.4, 0.5) is 0 Å². The lowest BCUT2D eigenvalue weighted by Gasteiger charge is -2.13. The van der Waals surface area contributed by atoms with E-state index in [0.29, 0.717) is 5.56 Å². The molecule has 0 unspecified atom stereocenters. The van der Waals surface area contributed by atoms with Gasteiger partial charge in [-0.1, -0.05) is 0 Å². The molecule has 0 radical (unpaired) electrons. The molecule has 13 heavy (non-hydrogen) atoms. The van der Waals surface area contributed by atoms with Crippen LogP contribution in [0.3, 0.4) is 0 Å². The van der Waals surface area contributed by atoms with Gasteiger partial charge in [0.2, 0.25) is 0 Å². The average Bonchev–Trinajstić information content (AvgIpc) is 2.90. The molecule has 0 spiro atoms. The van der Waals surface area contributed by atoms with Crippen LogP contribution in [0.15, 0.2) is 18.2 Å². The van der Waals surface area contributed by atoms with Gasteiger partial charge in [0.15, 0.2) is 0 Å². The molecule has 2 rings (SSSR count). The first-order valence-electron chi connectivity index (χ1n) is 4.31. The SMILES string of the molecule is OCC1(c2cc(O)ccc2O)CC1. The standard InChI is InChI=1S/C10H12O3/c11-6-10(3-4-10)8-5-7(12)1-2-9(8)13/h1-2,5,11-13H,3-4,6H2. The molecule has 0 amide bonds. The van der Waals surface area contributed by atoms with E-state index in [4.69, 9.17) is 5.11 Å². The highest BCUT2D eigenvalue weighted by Crippen LogP contribution is 2.51. The Morgan fingerprint density at radius 1 is 1.23 bits per heavy atom. The number of hydrogen-bond acceptors (Lipinski definition) is 3. The Morgan fingerprint density at radius 3 is 2.46 bits per heavy atom. The third-order valence-corrected chi connectivity index (χ3v) is 2.71. The van der Waals surface area contributed by atoms with Gasteiger partial charge in [-0.3, -0.25) is 0 Å². The molecule has 0 bridgehead atoms. The molecule has 1 aromatic carbocycles. The predicted octanol–water partition coefficient (Wildman–Crippen LogP) is 1.12. The monoisotopic (exact) mass is 180 g/mol. The summed E-state index contributed by atoms with van der Waals surface area (Å²) in [6.07, 6.45) is 1.75. The summed E-state index contributed by atoms with van der Waals surface area (Å²) in [5.41, 5.74) is 0.373. The summed E-state index contributed by atoms with van der Waals surface area (Å²) < 4.78 is 0. The first kappa shape index (κ1) is 8.38. The Kier molecular flexibility index (Phi) is 1.70. The molecule has 1 fully saturated rings. The van der Waals surface area contributed by atoms with Crippen molar-refractivity contribution in [3.63, 3.8) is 0 Å². The average molecular weight is 180 g/mol. The summed E-state index contributed by atoms with van der Waals surface area (Å²) in [5.74, 6) is 0.289. The summed E-state index contributed by atoms with van der Waals surface area (Å²) in [6, 6.07) is 4.42. The fourth-order valence-corrected chi connectivity index (χ4v) is 1.61. The number of aliphatic hydroxyl groups is 1. The van der Waals surface area contributed by atoms with Crippen molar-refractivity contribution in [3.05, 3.63) is 23.8 Å². The van der Waals surface area contributed by atoms with Crippen molar-refractivity contribution in [2.45, 2.75) is 18.3 Å². The van der Waals surface area contributed by atoms with Gasteiger partial charge in [-0.2, -0.15) is 0 Å². The Bertz CT molecular complexity index is 329. The van der Waals surface area contributed by atoms with Gasteiger partial charge < -0.3 is 15.3 Å². The molecule has 3 N–H and O–H groups in total. The number of aliphatic hydroxyl groups excluding tert-OH is 1. The van der Waals surface area contributed by atoms with Gasteiger partial charge in [-0.05, 0) is 31.0 Å². The summed E-state index contributed by atoms with van der Waals surface area (Å²) in [4.78, 5) is 0.